The van der Waals surface area contributed by atoms with Crippen molar-refractivity contribution in [3.63, 3.8) is 0 Å². The Bertz CT molecular complexity index is 674. The molecule has 0 radical (unpaired) electrons. The zero-order valence-corrected chi connectivity index (χ0v) is 13.9. The average Bonchev–Trinajstić information content (AvgIpc) is 2.52. The van der Waals surface area contributed by atoms with Gasteiger partial charge in [0.15, 0.2) is 9.84 Å². The van der Waals surface area contributed by atoms with Crippen molar-refractivity contribution in [2.45, 2.75) is 43.5 Å². The highest BCUT2D eigenvalue weighted by Gasteiger charge is 2.24. The number of amides is 1. The van der Waals surface area contributed by atoms with Gasteiger partial charge in [-0.15, -0.1) is 0 Å². The molecule has 1 rings (SSSR count). The van der Waals surface area contributed by atoms with E-state index < -0.39 is 40.6 Å². The first-order valence-corrected chi connectivity index (χ1v) is 8.97. The number of benzene rings is 1. The minimum atomic E-state index is -3.44. The molecule has 0 fully saturated rings. The molecule has 1 atom stereocenters. The SMILES string of the molecule is CCCCS(=O)(=O)c1ccc(C(=O)NC(CC(F)F)C(=O)O)cc1. The number of nitrogens with one attached hydrogen (secondary N) is 1. The Hall–Kier alpha value is -2.03. The third kappa shape index (κ3) is 5.88. The van der Waals surface area contributed by atoms with Crippen molar-refractivity contribution in [3.8, 4) is 0 Å². The van der Waals surface area contributed by atoms with Gasteiger partial charge in [0.25, 0.3) is 5.91 Å². The lowest BCUT2D eigenvalue weighted by molar-refractivity contribution is -0.140. The second-order valence-corrected chi connectivity index (χ2v) is 7.30. The predicted molar refractivity (Wildman–Crippen MR) is 82.9 cm³/mol. The Morgan fingerprint density at radius 3 is 2.25 bits per heavy atom. The van der Waals surface area contributed by atoms with Crippen molar-refractivity contribution < 1.29 is 31.9 Å². The fourth-order valence-electron chi connectivity index (χ4n) is 1.91. The number of carbonyl (C=O) groups excluding carboxylic acids is 1. The lowest BCUT2D eigenvalue weighted by Gasteiger charge is -2.14. The van der Waals surface area contributed by atoms with Crippen LogP contribution < -0.4 is 5.32 Å². The van der Waals surface area contributed by atoms with E-state index in [-0.39, 0.29) is 16.2 Å². The molecule has 1 aromatic rings. The summed E-state index contributed by atoms with van der Waals surface area (Å²) in [4.78, 5) is 22.8. The lowest BCUT2D eigenvalue weighted by Crippen LogP contribution is -2.42. The molecule has 0 spiro atoms. The number of carbonyl (C=O) groups is 2. The van der Waals surface area contributed by atoms with E-state index in [2.05, 4.69) is 0 Å². The van der Waals surface area contributed by atoms with Crippen LogP contribution in [0.5, 0.6) is 0 Å². The molecule has 0 bridgehead atoms. The molecule has 0 aromatic heterocycles. The number of carboxylic acids is 1. The van der Waals surface area contributed by atoms with Gasteiger partial charge in [-0.2, -0.15) is 0 Å². The molecule has 0 aliphatic rings. The minimum absolute atomic E-state index is 0.00930. The topological polar surface area (TPSA) is 101 Å². The van der Waals surface area contributed by atoms with Crippen LogP contribution in [0.4, 0.5) is 8.78 Å². The highest BCUT2D eigenvalue weighted by molar-refractivity contribution is 7.91. The van der Waals surface area contributed by atoms with E-state index in [4.69, 9.17) is 5.11 Å². The zero-order chi connectivity index (χ0) is 18.3. The smallest absolute Gasteiger partial charge is 0.326 e. The highest BCUT2D eigenvalue weighted by Crippen LogP contribution is 2.14. The Morgan fingerprint density at radius 2 is 1.79 bits per heavy atom. The van der Waals surface area contributed by atoms with Crippen molar-refractivity contribution in [3.05, 3.63) is 29.8 Å². The normalized spacial score (nSPS) is 12.8. The molecule has 24 heavy (non-hydrogen) atoms. The molecule has 0 heterocycles. The van der Waals surface area contributed by atoms with Crippen molar-refractivity contribution in [2.24, 2.45) is 0 Å². The van der Waals surface area contributed by atoms with Gasteiger partial charge < -0.3 is 10.4 Å². The molecule has 0 aliphatic carbocycles. The lowest BCUT2D eigenvalue weighted by atomic mass is 10.1. The number of halogens is 2. The minimum Gasteiger partial charge on any atom is -0.480 e. The third-order valence-corrected chi connectivity index (χ3v) is 5.08. The Morgan fingerprint density at radius 1 is 1.21 bits per heavy atom. The number of sulfone groups is 1. The molecule has 134 valence electrons. The number of carboxylic acid groups (broad SMARTS) is 1. The molecule has 0 aliphatic heterocycles. The molecule has 9 heteroatoms. The maximum Gasteiger partial charge on any atom is 0.326 e. The summed E-state index contributed by atoms with van der Waals surface area (Å²) >= 11 is 0. The van der Waals surface area contributed by atoms with Crippen LogP contribution in [-0.4, -0.2) is 43.6 Å². The summed E-state index contributed by atoms with van der Waals surface area (Å²) in [5.74, 6) is -2.44. The largest absolute Gasteiger partial charge is 0.480 e. The summed E-state index contributed by atoms with van der Waals surface area (Å²) in [6.45, 7) is 1.86. The van der Waals surface area contributed by atoms with Crippen LogP contribution in [0.15, 0.2) is 29.2 Å². The van der Waals surface area contributed by atoms with E-state index in [0.29, 0.717) is 6.42 Å². The van der Waals surface area contributed by atoms with Crippen LogP contribution in [0.25, 0.3) is 0 Å². The quantitative estimate of drug-likeness (QED) is 0.700. The molecular formula is C15H19F2NO5S. The predicted octanol–water partition coefficient (Wildman–Crippen LogP) is 2.10. The van der Waals surface area contributed by atoms with E-state index in [0.717, 1.165) is 6.42 Å². The van der Waals surface area contributed by atoms with Crippen LogP contribution in [0, 0.1) is 0 Å². The van der Waals surface area contributed by atoms with Crippen molar-refractivity contribution in [2.75, 3.05) is 5.75 Å². The summed E-state index contributed by atoms with van der Waals surface area (Å²) in [7, 11) is -3.44. The Balaban J connectivity index is 2.84. The van der Waals surface area contributed by atoms with Gasteiger partial charge in [-0.3, -0.25) is 4.79 Å². The standard InChI is InChI=1S/C15H19F2NO5S/c1-2-3-8-24(22,23)11-6-4-10(5-7-11)14(19)18-12(15(20)21)9-13(16)17/h4-7,12-13H,2-3,8-9H2,1H3,(H,18,19)(H,20,21). The zero-order valence-electron chi connectivity index (χ0n) is 13.0. The average molecular weight is 363 g/mol. The molecule has 1 unspecified atom stereocenters. The van der Waals surface area contributed by atoms with Crippen molar-refractivity contribution >= 4 is 21.7 Å². The van der Waals surface area contributed by atoms with Gasteiger partial charge >= 0.3 is 5.97 Å². The van der Waals surface area contributed by atoms with Gasteiger partial charge in [-0.1, -0.05) is 13.3 Å². The maximum absolute atomic E-state index is 12.3. The number of rotatable bonds is 9. The molecular weight excluding hydrogens is 344 g/mol. The summed E-state index contributed by atoms with van der Waals surface area (Å²) in [6, 6.07) is 3.20. The fraction of sp³-hybridized carbons (Fsp3) is 0.467. The molecule has 1 amide bonds. The first-order chi connectivity index (χ1) is 11.2. The summed E-state index contributed by atoms with van der Waals surface area (Å²) in [5.41, 5.74) is -0.00930. The third-order valence-electron chi connectivity index (χ3n) is 3.26. The van der Waals surface area contributed by atoms with Gasteiger partial charge in [0.1, 0.15) is 6.04 Å². The van der Waals surface area contributed by atoms with Gasteiger partial charge in [0, 0.05) is 12.0 Å². The van der Waals surface area contributed by atoms with Gasteiger partial charge in [0.2, 0.25) is 6.43 Å². The number of aliphatic carboxylic acids is 1. The Labute approximate surface area is 138 Å². The van der Waals surface area contributed by atoms with Crippen LogP contribution in [0.3, 0.4) is 0 Å². The first-order valence-electron chi connectivity index (χ1n) is 7.32. The van der Waals surface area contributed by atoms with Crippen molar-refractivity contribution in [1.82, 2.24) is 5.32 Å². The Kier molecular flexibility index (Phi) is 7.27. The van der Waals surface area contributed by atoms with Crippen LogP contribution in [-0.2, 0) is 14.6 Å². The maximum atomic E-state index is 12.3. The molecule has 2 N–H and O–H groups in total. The molecule has 6 nitrogen and oxygen atoms in total. The second kappa shape index (κ2) is 8.72. The van der Waals surface area contributed by atoms with E-state index in [1.807, 2.05) is 12.2 Å². The van der Waals surface area contributed by atoms with Gasteiger partial charge in [-0.25, -0.2) is 22.0 Å². The highest BCUT2D eigenvalue weighted by atomic mass is 32.2. The molecule has 0 saturated carbocycles. The second-order valence-electron chi connectivity index (χ2n) is 5.19. The van der Waals surface area contributed by atoms with E-state index in [1.165, 1.54) is 24.3 Å². The molecule has 0 saturated heterocycles. The number of hydrogen-bond donors (Lipinski definition) is 2. The van der Waals surface area contributed by atoms with Gasteiger partial charge in [-0.05, 0) is 30.7 Å². The van der Waals surface area contributed by atoms with E-state index in [9.17, 15) is 26.8 Å². The summed E-state index contributed by atoms with van der Waals surface area (Å²) in [6.07, 6.45) is -2.65. The summed E-state index contributed by atoms with van der Waals surface area (Å²) in [5, 5.41) is 10.8. The monoisotopic (exact) mass is 363 g/mol. The summed E-state index contributed by atoms with van der Waals surface area (Å²) < 4.78 is 48.6. The van der Waals surface area contributed by atoms with Crippen LogP contribution >= 0.6 is 0 Å². The number of alkyl halides is 2. The van der Waals surface area contributed by atoms with Gasteiger partial charge in [0.05, 0.1) is 10.6 Å². The first kappa shape index (κ1) is 20.0. The molecule has 1 aromatic carbocycles. The van der Waals surface area contributed by atoms with Crippen molar-refractivity contribution in [1.29, 1.82) is 0 Å². The van der Waals surface area contributed by atoms with Crippen LogP contribution in [0.1, 0.15) is 36.5 Å². The number of unbranched alkanes of at least 4 members (excludes halogenated alkanes) is 1. The fourth-order valence-corrected chi connectivity index (χ4v) is 3.36. The van der Waals surface area contributed by atoms with E-state index in [1.54, 1.807) is 0 Å². The van der Waals surface area contributed by atoms with E-state index >= 15 is 0 Å². The number of hydrogen-bond acceptors (Lipinski definition) is 4. The van der Waals surface area contributed by atoms with Crippen LogP contribution in [0.2, 0.25) is 0 Å².